The first kappa shape index (κ1) is 24.8. The van der Waals surface area contributed by atoms with E-state index in [1.165, 1.54) is 11.3 Å². The van der Waals surface area contributed by atoms with Crippen molar-refractivity contribution in [3.8, 4) is 10.6 Å². The normalized spacial score (nSPS) is 18.1. The predicted molar refractivity (Wildman–Crippen MR) is 131 cm³/mol. The van der Waals surface area contributed by atoms with E-state index in [2.05, 4.69) is 15.9 Å². The average Bonchev–Trinajstić information content (AvgIpc) is 2.99. The molecule has 0 atom stereocenters. The van der Waals surface area contributed by atoms with Gasteiger partial charge in [-0.3, -0.25) is 9.59 Å². The number of carbonyl (C=O) groups excluding carboxylic acids is 2. The third-order valence-electron chi connectivity index (χ3n) is 5.32. The lowest BCUT2D eigenvalue weighted by molar-refractivity contribution is -0.169. The molecule has 7 heteroatoms. The van der Waals surface area contributed by atoms with E-state index in [-0.39, 0.29) is 11.5 Å². The van der Waals surface area contributed by atoms with E-state index < -0.39 is 22.6 Å². The molecule has 2 heterocycles. The van der Waals surface area contributed by atoms with Gasteiger partial charge in [-0.15, -0.1) is 11.3 Å². The second-order valence-corrected chi connectivity index (χ2v) is 12.3. The lowest BCUT2D eigenvalue weighted by Gasteiger charge is -2.42. The van der Waals surface area contributed by atoms with Gasteiger partial charge in [0.25, 0.3) is 0 Å². The molecule has 1 aromatic heterocycles. The number of hydrogen-bond acceptors (Lipinski definition) is 6. The Labute approximate surface area is 202 Å². The van der Waals surface area contributed by atoms with Crippen LogP contribution < -0.4 is 0 Å². The molecule has 0 saturated heterocycles. The fourth-order valence-corrected chi connectivity index (χ4v) is 5.17. The fraction of sp³-hybridized carbons (Fsp3) is 0.480. The molecular weight excluding hydrogens is 490 g/mol. The molecular formula is C25H30BrNO4S. The maximum absolute atomic E-state index is 13.6. The van der Waals surface area contributed by atoms with Gasteiger partial charge in [-0.1, -0.05) is 22.0 Å². The van der Waals surface area contributed by atoms with E-state index in [1.54, 1.807) is 34.6 Å². The molecule has 0 saturated carbocycles. The number of ketones is 1. The van der Waals surface area contributed by atoms with Gasteiger partial charge in [0.15, 0.2) is 11.5 Å². The zero-order chi connectivity index (χ0) is 24.2. The van der Waals surface area contributed by atoms with Crippen LogP contribution in [0.4, 0.5) is 0 Å². The van der Waals surface area contributed by atoms with Gasteiger partial charge in [-0.05, 0) is 80.0 Å². The maximum atomic E-state index is 13.6. The summed E-state index contributed by atoms with van der Waals surface area (Å²) in [5.41, 5.74) is 0.127. The Kier molecular flexibility index (Phi) is 6.35. The summed E-state index contributed by atoms with van der Waals surface area (Å²) in [6.07, 6.45) is 0. The first-order valence-corrected chi connectivity index (χ1v) is 12.1. The monoisotopic (exact) mass is 519 g/mol. The summed E-state index contributed by atoms with van der Waals surface area (Å²) in [5, 5.41) is 0.811. The Morgan fingerprint density at radius 1 is 1.12 bits per heavy atom. The van der Waals surface area contributed by atoms with E-state index in [0.29, 0.717) is 11.3 Å². The number of benzene rings is 1. The number of carbonyl (C=O) groups is 2. The molecule has 0 bridgehead atoms. The highest BCUT2D eigenvalue weighted by Crippen LogP contribution is 2.44. The highest BCUT2D eigenvalue weighted by molar-refractivity contribution is 9.10. The van der Waals surface area contributed by atoms with Crippen molar-refractivity contribution in [2.24, 2.45) is 5.41 Å². The third kappa shape index (κ3) is 4.61. The Balaban J connectivity index is 2.25. The molecule has 0 amide bonds. The van der Waals surface area contributed by atoms with Gasteiger partial charge in [0.2, 0.25) is 0 Å². The lowest BCUT2D eigenvalue weighted by atomic mass is 9.84. The van der Waals surface area contributed by atoms with Crippen LogP contribution >= 0.6 is 27.3 Å². The number of halogens is 1. The first-order valence-electron chi connectivity index (χ1n) is 10.5. The number of aryl methyl sites for hydroxylation is 2. The van der Waals surface area contributed by atoms with Crippen LogP contribution in [0, 0.1) is 19.3 Å². The zero-order valence-corrected chi connectivity index (χ0v) is 22.5. The highest BCUT2D eigenvalue weighted by atomic mass is 79.9. The van der Waals surface area contributed by atoms with Crippen LogP contribution in [0.2, 0.25) is 0 Å². The molecule has 0 radical (unpaired) electrons. The fourth-order valence-electron chi connectivity index (χ4n) is 3.68. The summed E-state index contributed by atoms with van der Waals surface area (Å²) in [6.45, 7) is 16.4. The van der Waals surface area contributed by atoms with Gasteiger partial charge in [0, 0.05) is 14.9 Å². The summed E-state index contributed by atoms with van der Waals surface area (Å²) < 4.78 is 13.0. The molecule has 5 nitrogen and oxygen atoms in total. The van der Waals surface area contributed by atoms with E-state index in [1.807, 2.05) is 45.9 Å². The van der Waals surface area contributed by atoms with Crippen LogP contribution in [0.1, 0.15) is 64.6 Å². The predicted octanol–water partition coefficient (Wildman–Crippen LogP) is 6.65. The minimum atomic E-state index is -1.08. The van der Waals surface area contributed by atoms with Crippen molar-refractivity contribution in [3.63, 3.8) is 0 Å². The number of Topliss-reactive ketones (excluding diaryl/α,β-unsaturated/α-hetero) is 1. The second kappa shape index (κ2) is 8.19. The Bertz CT molecular complexity index is 1140. The average molecular weight is 520 g/mol. The summed E-state index contributed by atoms with van der Waals surface area (Å²) in [7, 11) is 0. The van der Waals surface area contributed by atoms with Crippen molar-refractivity contribution < 1.29 is 19.1 Å². The van der Waals surface area contributed by atoms with Crippen LogP contribution in [0.25, 0.3) is 16.1 Å². The van der Waals surface area contributed by atoms with Gasteiger partial charge in [-0.25, -0.2) is 4.98 Å². The summed E-state index contributed by atoms with van der Waals surface area (Å²) in [6, 6.07) is 6.02. The van der Waals surface area contributed by atoms with Gasteiger partial charge in [-0.2, -0.15) is 0 Å². The van der Waals surface area contributed by atoms with Gasteiger partial charge >= 0.3 is 5.97 Å². The number of aromatic nitrogens is 1. The topological polar surface area (TPSA) is 65.5 Å². The summed E-state index contributed by atoms with van der Waals surface area (Å²) >= 11 is 5.01. The van der Waals surface area contributed by atoms with Crippen LogP contribution in [0.5, 0.6) is 0 Å². The van der Waals surface area contributed by atoms with Crippen molar-refractivity contribution in [1.82, 2.24) is 4.98 Å². The van der Waals surface area contributed by atoms with Crippen LogP contribution in [0.15, 0.2) is 28.4 Å². The number of thiazole rings is 1. The largest absolute Gasteiger partial charge is 0.427 e. The Morgan fingerprint density at radius 2 is 1.75 bits per heavy atom. The van der Waals surface area contributed by atoms with Crippen molar-refractivity contribution in [1.29, 1.82) is 0 Å². The smallest absolute Gasteiger partial charge is 0.316 e. The maximum Gasteiger partial charge on any atom is 0.316 e. The molecule has 172 valence electrons. The molecule has 1 aliphatic rings. The second-order valence-electron chi connectivity index (χ2n) is 10.2. The number of hydrogen-bond donors (Lipinski definition) is 0. The van der Waals surface area contributed by atoms with Crippen LogP contribution in [-0.2, 0) is 19.1 Å². The minimum absolute atomic E-state index is 0.217. The molecule has 0 N–H and O–H groups in total. The van der Waals surface area contributed by atoms with E-state index in [9.17, 15) is 9.59 Å². The Morgan fingerprint density at radius 3 is 2.31 bits per heavy atom. The van der Waals surface area contributed by atoms with Crippen molar-refractivity contribution in [3.05, 3.63) is 44.6 Å². The summed E-state index contributed by atoms with van der Waals surface area (Å²) in [4.78, 5) is 32.1. The minimum Gasteiger partial charge on any atom is -0.427 e. The quantitative estimate of drug-likeness (QED) is 0.424. The molecule has 2 aromatic rings. The van der Waals surface area contributed by atoms with Crippen molar-refractivity contribution in [2.45, 2.75) is 73.5 Å². The zero-order valence-electron chi connectivity index (χ0n) is 20.1. The molecule has 1 aliphatic heterocycles. The lowest BCUT2D eigenvalue weighted by Crippen LogP contribution is -2.50. The summed E-state index contributed by atoms with van der Waals surface area (Å²) in [5.74, 6) is -0.457. The van der Waals surface area contributed by atoms with Crippen LogP contribution in [0.3, 0.4) is 0 Å². The van der Waals surface area contributed by atoms with E-state index >= 15 is 0 Å². The van der Waals surface area contributed by atoms with Gasteiger partial charge in [0.05, 0.1) is 16.7 Å². The van der Waals surface area contributed by atoms with Gasteiger partial charge in [0.1, 0.15) is 16.2 Å². The van der Waals surface area contributed by atoms with Gasteiger partial charge < -0.3 is 9.47 Å². The standard InChI is InChI=1S/C25H30BrNO4S/c1-13-12-15(26)10-11-16(13)21-27-18(14(2)32-21)17-19(28)24(6,7)31-25(8,9)20(17)30-22(29)23(3,4)5/h10-12H,1-9H3. The molecule has 3 rings (SSSR count). The van der Waals surface area contributed by atoms with Crippen molar-refractivity contribution >= 4 is 44.6 Å². The van der Waals surface area contributed by atoms with Crippen LogP contribution in [-0.4, -0.2) is 27.9 Å². The van der Waals surface area contributed by atoms with E-state index in [0.717, 1.165) is 25.5 Å². The molecule has 32 heavy (non-hydrogen) atoms. The molecule has 1 aromatic carbocycles. The number of nitrogens with zero attached hydrogens (tertiary/aromatic N) is 1. The molecule has 0 unspecified atom stereocenters. The third-order valence-corrected chi connectivity index (χ3v) is 6.81. The number of ether oxygens (including phenoxy) is 2. The molecule has 0 aliphatic carbocycles. The Hall–Kier alpha value is -1.83. The molecule has 0 fully saturated rings. The van der Waals surface area contributed by atoms with Crippen molar-refractivity contribution in [2.75, 3.05) is 0 Å². The first-order chi connectivity index (χ1) is 14.5. The number of rotatable bonds is 3. The SMILES string of the molecule is Cc1cc(Br)ccc1-c1nc(C2=C(OC(=O)C(C)(C)C)C(C)(C)OC(C)(C)C2=O)c(C)s1. The van der Waals surface area contributed by atoms with E-state index in [4.69, 9.17) is 14.5 Å². The molecule has 0 spiro atoms. The number of esters is 1. The highest BCUT2D eigenvalue weighted by Gasteiger charge is 2.50.